The number of fused-ring (bicyclic) bond motifs is 1. The summed E-state index contributed by atoms with van der Waals surface area (Å²) in [4.78, 5) is 0. The Morgan fingerprint density at radius 1 is 0.950 bits per heavy atom. The number of rotatable bonds is 2. The molecule has 4 fully saturated rings. The van der Waals surface area contributed by atoms with Crippen LogP contribution in [-0.4, -0.2) is 29.0 Å². The summed E-state index contributed by atoms with van der Waals surface area (Å²) in [6.07, 6.45) is 7.38. The number of hydrogen-bond acceptors (Lipinski definition) is 3. The van der Waals surface area contributed by atoms with E-state index < -0.39 is 0 Å². The second kappa shape index (κ2) is 4.32. The van der Waals surface area contributed by atoms with Gasteiger partial charge < -0.3 is 0 Å². The van der Waals surface area contributed by atoms with E-state index in [1.54, 1.807) is 0 Å². The third-order valence-corrected chi connectivity index (χ3v) is 6.97. The third kappa shape index (κ3) is 1.71. The van der Waals surface area contributed by atoms with Gasteiger partial charge in [-0.05, 0) is 0 Å². The van der Waals surface area contributed by atoms with Gasteiger partial charge in [0, 0.05) is 0 Å². The van der Waals surface area contributed by atoms with Crippen molar-refractivity contribution in [2.45, 2.75) is 38.1 Å². The molecular weight excluding hydrogens is 313 g/mol. The van der Waals surface area contributed by atoms with Crippen molar-refractivity contribution in [3.63, 3.8) is 0 Å². The zero-order chi connectivity index (χ0) is 13.1. The van der Waals surface area contributed by atoms with Crippen molar-refractivity contribution in [2.24, 2.45) is 23.7 Å². The maximum atomic E-state index is 4.62. The Morgan fingerprint density at radius 3 is 2.45 bits per heavy atom. The molecule has 4 heteroatoms. The molecule has 0 radical (unpaired) electrons. The van der Waals surface area contributed by atoms with E-state index in [9.17, 15) is 0 Å². The zero-order valence-electron chi connectivity index (χ0n) is 11.5. The van der Waals surface area contributed by atoms with Crippen molar-refractivity contribution in [1.82, 2.24) is 7.96 Å². The molecule has 6 rings (SSSR count). The number of nitrogens with zero attached hydrogens (tertiary/aromatic N) is 2. The van der Waals surface area contributed by atoms with Crippen molar-refractivity contribution in [1.29, 1.82) is 0 Å². The van der Waals surface area contributed by atoms with E-state index in [0.29, 0.717) is 6.04 Å². The number of hydrogen-bond donors (Lipinski definition) is 1. The fourth-order valence-corrected chi connectivity index (χ4v) is 6.42. The van der Waals surface area contributed by atoms with Gasteiger partial charge in [-0.25, -0.2) is 0 Å². The summed E-state index contributed by atoms with van der Waals surface area (Å²) in [6.45, 7) is 0. The summed E-state index contributed by atoms with van der Waals surface area (Å²) < 4.78 is 9.12. The van der Waals surface area contributed by atoms with Gasteiger partial charge >= 0.3 is 125 Å². The Hall–Kier alpha value is -0.861. The van der Waals surface area contributed by atoms with Gasteiger partial charge in [0.25, 0.3) is 0 Å². The van der Waals surface area contributed by atoms with Crippen molar-refractivity contribution < 1.29 is 0 Å². The molecule has 1 heterocycles. The van der Waals surface area contributed by atoms with Crippen LogP contribution < -0.4 is 5.32 Å². The van der Waals surface area contributed by atoms with Crippen molar-refractivity contribution in [2.75, 3.05) is 5.32 Å². The monoisotopic (exact) mass is 333 g/mol. The average Bonchev–Trinajstić information content (AvgIpc) is 2.91. The summed E-state index contributed by atoms with van der Waals surface area (Å²) in [7, 11) is 0. The summed E-state index contributed by atoms with van der Waals surface area (Å²) >= 11 is 0.0736. The van der Waals surface area contributed by atoms with E-state index in [4.69, 9.17) is 0 Å². The molecule has 4 aliphatic carbocycles. The fraction of sp³-hybridized carbons (Fsp3) is 0.625. The molecule has 0 saturated heterocycles. The van der Waals surface area contributed by atoms with E-state index in [-0.39, 0.29) is 15.0 Å². The summed E-state index contributed by atoms with van der Waals surface area (Å²) in [5.74, 6) is 3.90. The summed E-state index contributed by atoms with van der Waals surface area (Å²) in [6, 6.07) is 7.11. The first-order valence-corrected chi connectivity index (χ1v) is 9.38. The number of aromatic nitrogens is 2. The van der Waals surface area contributed by atoms with Gasteiger partial charge in [-0.2, -0.15) is 0 Å². The van der Waals surface area contributed by atoms with Gasteiger partial charge in [0.05, 0.1) is 0 Å². The third-order valence-electron chi connectivity index (χ3n) is 5.83. The quantitative estimate of drug-likeness (QED) is 0.860. The fourth-order valence-electron chi connectivity index (χ4n) is 5.26. The van der Waals surface area contributed by atoms with Crippen LogP contribution in [-0.2, 0) is 0 Å². The van der Waals surface area contributed by atoms with Gasteiger partial charge in [-0.3, -0.25) is 0 Å². The van der Waals surface area contributed by atoms with E-state index in [2.05, 4.69) is 31.5 Å². The number of anilines is 1. The van der Waals surface area contributed by atoms with E-state index in [1.807, 2.05) is 0 Å². The van der Waals surface area contributed by atoms with Crippen LogP contribution in [0.2, 0.25) is 0 Å². The molecule has 0 amide bonds. The Balaban J connectivity index is 1.48. The van der Waals surface area contributed by atoms with E-state index >= 15 is 0 Å². The van der Waals surface area contributed by atoms with E-state index in [0.717, 1.165) is 34.7 Å². The number of nitrogens with one attached hydrogen (secondary N) is 1. The average molecular weight is 332 g/mol. The Morgan fingerprint density at radius 2 is 1.70 bits per heavy atom. The van der Waals surface area contributed by atoms with Crippen LogP contribution in [0, 0.1) is 23.7 Å². The predicted molar refractivity (Wildman–Crippen MR) is 80.9 cm³/mol. The summed E-state index contributed by atoms with van der Waals surface area (Å²) in [5.41, 5.74) is 3.46. The normalized spacial score (nSPS) is 38.5. The molecule has 0 unspecified atom stereocenters. The van der Waals surface area contributed by atoms with Gasteiger partial charge in [-0.1, -0.05) is 0 Å². The molecule has 1 N–H and O–H groups in total. The SMILES string of the molecule is c1cc(NC2C3CC4CC(C3)CC2C4)c2n[se]nc2c1. The Kier molecular flexibility index (Phi) is 2.54. The topological polar surface area (TPSA) is 37.8 Å². The van der Waals surface area contributed by atoms with E-state index in [1.165, 1.54) is 37.8 Å². The standard InChI is InChI=1S/C16H19N3Se/c1-2-13(16-14(3-1)18-20-19-16)17-15-11-5-9-4-10(7-11)8-12(15)6-9/h1-3,9-12,15,17H,4-8H2. The van der Waals surface area contributed by atoms with Crippen LogP contribution in [0.5, 0.6) is 0 Å². The van der Waals surface area contributed by atoms with Gasteiger partial charge in [0.15, 0.2) is 0 Å². The maximum absolute atomic E-state index is 4.62. The minimum atomic E-state index is 0.0736. The van der Waals surface area contributed by atoms with Gasteiger partial charge in [0.2, 0.25) is 0 Å². The molecule has 4 saturated carbocycles. The molecule has 0 atom stereocenters. The second-order valence-electron chi connectivity index (χ2n) is 7.04. The Bertz CT molecular complexity index is 622. The minimum absolute atomic E-state index is 0.0736. The first-order valence-electron chi connectivity index (χ1n) is 7.84. The molecule has 0 spiro atoms. The van der Waals surface area contributed by atoms with Crippen molar-refractivity contribution in [3.8, 4) is 0 Å². The molecular formula is C16H19N3Se. The van der Waals surface area contributed by atoms with Crippen LogP contribution in [0.1, 0.15) is 32.1 Å². The first-order chi connectivity index (χ1) is 9.87. The Labute approximate surface area is 125 Å². The van der Waals surface area contributed by atoms with Crippen LogP contribution in [0.4, 0.5) is 5.69 Å². The second-order valence-corrected chi connectivity index (χ2v) is 8.15. The van der Waals surface area contributed by atoms with Crippen LogP contribution >= 0.6 is 0 Å². The van der Waals surface area contributed by atoms with Gasteiger partial charge in [0.1, 0.15) is 0 Å². The van der Waals surface area contributed by atoms with Gasteiger partial charge in [-0.15, -0.1) is 0 Å². The first kappa shape index (κ1) is 11.8. The molecule has 2 aromatic rings. The summed E-state index contributed by atoms with van der Waals surface area (Å²) in [5, 5.41) is 3.88. The van der Waals surface area contributed by atoms with Crippen LogP contribution in [0.25, 0.3) is 11.0 Å². The van der Waals surface area contributed by atoms with Crippen molar-refractivity contribution in [3.05, 3.63) is 18.2 Å². The molecule has 3 nitrogen and oxygen atoms in total. The van der Waals surface area contributed by atoms with Crippen LogP contribution in [0.15, 0.2) is 18.2 Å². The molecule has 4 bridgehead atoms. The molecule has 1 aromatic heterocycles. The van der Waals surface area contributed by atoms with Crippen LogP contribution in [0.3, 0.4) is 0 Å². The molecule has 1 aromatic carbocycles. The predicted octanol–water partition coefficient (Wildman–Crippen LogP) is 2.92. The molecule has 104 valence electrons. The molecule has 4 aliphatic rings. The molecule has 0 aliphatic heterocycles. The molecule has 20 heavy (non-hydrogen) atoms. The van der Waals surface area contributed by atoms with Crippen molar-refractivity contribution >= 4 is 31.7 Å². The number of benzene rings is 1. The zero-order valence-corrected chi connectivity index (χ0v) is 13.2.